The minimum atomic E-state index is -0.540. The van der Waals surface area contributed by atoms with Crippen molar-refractivity contribution in [3.63, 3.8) is 0 Å². The van der Waals surface area contributed by atoms with Crippen LogP contribution >= 0.6 is 0 Å². The Bertz CT molecular complexity index is 1420. The number of carbonyl (C=O) groups excluding carboxylic acids is 2. The van der Waals surface area contributed by atoms with E-state index >= 15 is 0 Å². The molecule has 2 aromatic carbocycles. The van der Waals surface area contributed by atoms with Gasteiger partial charge < -0.3 is 4.74 Å². The zero-order valence-corrected chi connectivity index (χ0v) is 20.9. The number of rotatable bonds is 7. The lowest BCUT2D eigenvalue weighted by atomic mass is 9.92. The van der Waals surface area contributed by atoms with Crippen LogP contribution < -0.4 is 4.74 Å². The van der Waals surface area contributed by atoms with Crippen LogP contribution in [0.5, 0.6) is 5.75 Å². The first-order valence-electron chi connectivity index (χ1n) is 12.0. The van der Waals surface area contributed by atoms with Gasteiger partial charge in [-0.25, -0.2) is 4.68 Å². The van der Waals surface area contributed by atoms with Crippen molar-refractivity contribution >= 4 is 17.9 Å². The summed E-state index contributed by atoms with van der Waals surface area (Å²) in [5, 5.41) is 14.5. The van der Waals surface area contributed by atoms with Gasteiger partial charge >= 0.3 is 0 Å². The molecule has 0 fully saturated rings. The maximum atomic E-state index is 13.4. The highest BCUT2D eigenvalue weighted by atomic mass is 16.5. The van der Waals surface area contributed by atoms with Crippen LogP contribution in [0.1, 0.15) is 38.3 Å². The second-order valence-corrected chi connectivity index (χ2v) is 8.55. The summed E-state index contributed by atoms with van der Waals surface area (Å²) in [5.41, 5.74) is 4.81. The zero-order chi connectivity index (χ0) is 25.8. The van der Waals surface area contributed by atoms with Crippen LogP contribution in [0.25, 0.3) is 23.0 Å². The van der Waals surface area contributed by atoms with Gasteiger partial charge in [0.05, 0.1) is 12.3 Å². The van der Waals surface area contributed by atoms with E-state index in [-0.39, 0.29) is 12.1 Å². The molecular weight excluding hydrogens is 452 g/mol. The first kappa shape index (κ1) is 24.7. The number of aryl methyl sites for hydroxylation is 1. The van der Waals surface area contributed by atoms with Crippen molar-refractivity contribution in [1.29, 1.82) is 5.26 Å². The number of carbonyl (C=O) groups is 2. The normalized spacial score (nSPS) is 15.0. The fourth-order valence-corrected chi connectivity index (χ4v) is 4.29. The number of hydrogen-bond acceptors (Lipinski definition) is 5. The van der Waals surface area contributed by atoms with E-state index in [0.717, 1.165) is 27.5 Å². The van der Waals surface area contributed by atoms with Crippen molar-refractivity contribution in [3.8, 4) is 28.8 Å². The van der Waals surface area contributed by atoms with E-state index in [9.17, 15) is 14.9 Å². The van der Waals surface area contributed by atoms with Crippen molar-refractivity contribution in [2.75, 3.05) is 13.2 Å². The number of nitrogens with zero attached hydrogens (tertiary/aromatic N) is 4. The fraction of sp³-hybridized carbons (Fsp3) is 0.241. The predicted octanol–water partition coefficient (Wildman–Crippen LogP) is 5.25. The summed E-state index contributed by atoms with van der Waals surface area (Å²) in [6.07, 6.45) is 4.20. The maximum absolute atomic E-state index is 13.4. The average Bonchev–Trinajstić information content (AvgIpc) is 3.29. The second-order valence-electron chi connectivity index (χ2n) is 8.55. The first-order chi connectivity index (χ1) is 17.4. The Balaban J connectivity index is 1.92. The summed E-state index contributed by atoms with van der Waals surface area (Å²) in [4.78, 5) is 27.3. The molecule has 0 N–H and O–H groups in total. The fourth-order valence-electron chi connectivity index (χ4n) is 4.29. The van der Waals surface area contributed by atoms with Gasteiger partial charge in [-0.2, -0.15) is 10.4 Å². The van der Waals surface area contributed by atoms with E-state index in [1.165, 1.54) is 0 Å². The van der Waals surface area contributed by atoms with E-state index in [4.69, 9.17) is 9.84 Å². The third-order valence-electron chi connectivity index (χ3n) is 6.10. The zero-order valence-electron chi connectivity index (χ0n) is 20.9. The summed E-state index contributed by atoms with van der Waals surface area (Å²) in [6, 6.07) is 17.5. The highest BCUT2D eigenvalue weighted by molar-refractivity contribution is 6.19. The Kier molecular flexibility index (Phi) is 7.16. The molecular formula is C29H28N4O3. The predicted molar refractivity (Wildman–Crippen MR) is 138 cm³/mol. The minimum Gasteiger partial charge on any atom is -0.494 e. The number of nitriles is 1. The van der Waals surface area contributed by atoms with E-state index in [2.05, 4.69) is 0 Å². The Morgan fingerprint density at radius 1 is 1.06 bits per heavy atom. The van der Waals surface area contributed by atoms with Gasteiger partial charge in [0, 0.05) is 29.4 Å². The number of aromatic nitrogens is 2. The first-order valence-corrected chi connectivity index (χ1v) is 12.0. The molecule has 0 radical (unpaired) electrons. The van der Waals surface area contributed by atoms with E-state index in [0.29, 0.717) is 35.4 Å². The molecule has 0 bridgehead atoms. The number of ether oxygens (including phenoxy) is 1. The van der Waals surface area contributed by atoms with Crippen LogP contribution in [-0.4, -0.2) is 39.6 Å². The molecule has 2 heterocycles. The lowest BCUT2D eigenvalue weighted by Crippen LogP contribution is -2.43. The van der Waals surface area contributed by atoms with Gasteiger partial charge in [0.1, 0.15) is 23.1 Å². The molecule has 0 atom stereocenters. The van der Waals surface area contributed by atoms with Crippen LogP contribution in [-0.2, 0) is 9.59 Å². The Labute approximate surface area is 210 Å². The van der Waals surface area contributed by atoms with Gasteiger partial charge in [0.25, 0.3) is 11.8 Å². The van der Waals surface area contributed by atoms with Crippen molar-refractivity contribution in [2.45, 2.75) is 34.1 Å². The molecule has 2 amide bonds. The SMILES string of the molecule is CCCN1C(=O)C(C#N)=C(C)/C(=C\c2cn(-c3ccccc3)nc2-c2ccc(OCC)cc2C)C1=O. The van der Waals surface area contributed by atoms with Crippen molar-refractivity contribution in [1.82, 2.24) is 14.7 Å². The van der Waals surface area contributed by atoms with E-state index < -0.39 is 11.8 Å². The molecule has 4 rings (SSSR count). The maximum Gasteiger partial charge on any atom is 0.271 e. The van der Waals surface area contributed by atoms with Crippen molar-refractivity contribution < 1.29 is 14.3 Å². The standard InChI is InChI=1S/C29H28N4O3/c1-5-14-32-28(34)25(20(4)26(17-30)29(32)35)16-21-18-33(22-10-8-7-9-11-22)31-27(21)24-13-12-23(36-6-2)15-19(24)3/h7-13,15-16,18H,5-6,14H2,1-4H3/b25-16+. The van der Waals surface area contributed by atoms with E-state index in [1.807, 2.05) is 81.6 Å². The molecule has 1 aliphatic heterocycles. The summed E-state index contributed by atoms with van der Waals surface area (Å²) >= 11 is 0. The molecule has 7 heteroatoms. The van der Waals surface area contributed by atoms with E-state index in [1.54, 1.807) is 17.7 Å². The topological polar surface area (TPSA) is 88.2 Å². The third kappa shape index (κ3) is 4.58. The smallest absolute Gasteiger partial charge is 0.271 e. The van der Waals surface area contributed by atoms with Crippen LogP contribution in [0.3, 0.4) is 0 Å². The van der Waals surface area contributed by atoms with Crippen molar-refractivity contribution in [3.05, 3.63) is 82.6 Å². The molecule has 1 aliphatic rings. The van der Waals surface area contributed by atoms with Crippen LogP contribution in [0.2, 0.25) is 0 Å². The number of hydrogen-bond donors (Lipinski definition) is 0. The molecule has 7 nitrogen and oxygen atoms in total. The van der Waals surface area contributed by atoms with Crippen LogP contribution in [0.15, 0.2) is 71.4 Å². The number of imide groups is 1. The lowest BCUT2D eigenvalue weighted by Gasteiger charge is -2.27. The lowest BCUT2D eigenvalue weighted by molar-refractivity contribution is -0.140. The number of amides is 2. The number of benzene rings is 2. The van der Waals surface area contributed by atoms with Gasteiger partial charge in [-0.3, -0.25) is 14.5 Å². The summed E-state index contributed by atoms with van der Waals surface area (Å²) in [5.74, 6) is -0.170. The molecule has 0 saturated heterocycles. The van der Waals surface area contributed by atoms with Gasteiger partial charge in [-0.15, -0.1) is 0 Å². The van der Waals surface area contributed by atoms with Gasteiger partial charge in [0.15, 0.2) is 0 Å². The quantitative estimate of drug-likeness (QED) is 0.340. The molecule has 3 aromatic rings. The molecule has 1 aromatic heterocycles. The molecule has 0 unspecified atom stereocenters. The highest BCUT2D eigenvalue weighted by Gasteiger charge is 2.35. The Morgan fingerprint density at radius 2 is 1.81 bits per heavy atom. The second kappa shape index (κ2) is 10.4. The Hall–Kier alpha value is -4.44. The van der Waals surface area contributed by atoms with Gasteiger partial charge in [0.2, 0.25) is 0 Å². The third-order valence-corrected chi connectivity index (χ3v) is 6.10. The van der Waals surface area contributed by atoms with Gasteiger partial charge in [-0.05, 0) is 74.7 Å². The average molecular weight is 481 g/mol. The summed E-state index contributed by atoms with van der Waals surface area (Å²) in [6.45, 7) is 8.28. The Morgan fingerprint density at radius 3 is 2.44 bits per heavy atom. The largest absolute Gasteiger partial charge is 0.494 e. The summed E-state index contributed by atoms with van der Waals surface area (Å²) in [7, 11) is 0. The highest BCUT2D eigenvalue weighted by Crippen LogP contribution is 2.33. The molecule has 0 saturated carbocycles. The monoisotopic (exact) mass is 480 g/mol. The number of para-hydroxylation sites is 1. The van der Waals surface area contributed by atoms with Crippen molar-refractivity contribution in [2.24, 2.45) is 0 Å². The van der Waals surface area contributed by atoms with Crippen LogP contribution in [0, 0.1) is 18.3 Å². The molecule has 0 aliphatic carbocycles. The minimum absolute atomic E-state index is 0.0106. The summed E-state index contributed by atoms with van der Waals surface area (Å²) < 4.78 is 7.41. The molecule has 36 heavy (non-hydrogen) atoms. The van der Waals surface area contributed by atoms with Gasteiger partial charge in [-0.1, -0.05) is 25.1 Å². The van der Waals surface area contributed by atoms with Crippen LogP contribution in [0.4, 0.5) is 0 Å². The molecule has 0 spiro atoms. The molecule has 182 valence electrons.